The highest BCUT2D eigenvalue weighted by Gasteiger charge is 2.30. The molecular formula is C5H14O2Si. The van der Waals surface area contributed by atoms with Gasteiger partial charge in [0.05, 0.1) is 0 Å². The molecule has 2 nitrogen and oxygen atoms in total. The molecule has 0 aliphatic carbocycles. The minimum Gasteiger partial charge on any atom is -0.410 e. The summed E-state index contributed by atoms with van der Waals surface area (Å²) in [6.45, 7) is 5.50. The third-order valence-corrected chi connectivity index (χ3v) is 4.33. The van der Waals surface area contributed by atoms with Crippen LogP contribution in [-0.4, -0.2) is 18.2 Å². The van der Waals surface area contributed by atoms with Gasteiger partial charge in [0.2, 0.25) is 0 Å². The van der Waals surface area contributed by atoms with Gasteiger partial charge in [0, 0.05) is 0 Å². The average molecular weight is 134 g/mol. The van der Waals surface area contributed by atoms with Crippen LogP contribution in [-0.2, 0) is 0 Å². The van der Waals surface area contributed by atoms with Gasteiger partial charge >= 0.3 is 8.56 Å². The summed E-state index contributed by atoms with van der Waals surface area (Å²) in [5.41, 5.74) is 0.0625. The predicted molar refractivity (Wildman–Crippen MR) is 35.8 cm³/mol. The van der Waals surface area contributed by atoms with Gasteiger partial charge in [-0.05, 0) is 11.6 Å². The molecule has 0 radical (unpaired) electrons. The van der Waals surface area contributed by atoms with E-state index in [0.29, 0.717) is 6.04 Å². The van der Waals surface area contributed by atoms with Crippen molar-refractivity contribution < 1.29 is 9.59 Å². The smallest absolute Gasteiger partial charge is 0.335 e. The lowest BCUT2D eigenvalue weighted by Crippen LogP contribution is -2.36. The highest BCUT2D eigenvalue weighted by atomic mass is 28.4. The number of hydrogen-bond acceptors (Lipinski definition) is 2. The first-order chi connectivity index (χ1) is 3.50. The average Bonchev–Trinajstić information content (AvgIpc) is 1.67. The number of rotatable bonds is 2. The van der Waals surface area contributed by atoms with E-state index in [0.717, 1.165) is 0 Å². The van der Waals surface area contributed by atoms with Crippen molar-refractivity contribution in [3.8, 4) is 0 Å². The van der Waals surface area contributed by atoms with Gasteiger partial charge in [-0.1, -0.05) is 20.8 Å². The molecule has 0 fully saturated rings. The summed E-state index contributed by atoms with van der Waals surface area (Å²) in [6.07, 6.45) is 0. The van der Waals surface area contributed by atoms with Gasteiger partial charge in [-0.3, -0.25) is 0 Å². The minimum atomic E-state index is -2.75. The molecule has 0 spiro atoms. The summed E-state index contributed by atoms with van der Waals surface area (Å²) in [7, 11) is -2.75. The normalized spacial score (nSPS) is 12.8. The van der Waals surface area contributed by atoms with Crippen LogP contribution in [0.1, 0.15) is 20.8 Å². The summed E-state index contributed by atoms with van der Waals surface area (Å²) in [4.78, 5) is 18.2. The first-order valence-electron chi connectivity index (χ1n) is 2.95. The monoisotopic (exact) mass is 134 g/mol. The minimum absolute atomic E-state index is 0.0625. The molecule has 0 unspecified atom stereocenters. The Morgan fingerprint density at radius 2 is 1.75 bits per heavy atom. The maximum Gasteiger partial charge on any atom is 0.335 e. The Hall–Kier alpha value is 0.137. The zero-order chi connectivity index (χ0) is 6.78. The second kappa shape index (κ2) is 2.62. The second-order valence-electron chi connectivity index (χ2n) is 2.39. The van der Waals surface area contributed by atoms with Gasteiger partial charge in [0.15, 0.2) is 0 Å². The van der Waals surface area contributed by atoms with E-state index in [1.807, 2.05) is 20.8 Å². The van der Waals surface area contributed by atoms with Crippen LogP contribution in [0.3, 0.4) is 0 Å². The first kappa shape index (κ1) is 8.14. The van der Waals surface area contributed by atoms with Crippen molar-refractivity contribution in [1.29, 1.82) is 0 Å². The van der Waals surface area contributed by atoms with Crippen LogP contribution < -0.4 is 0 Å². The topological polar surface area (TPSA) is 40.5 Å². The molecular weight excluding hydrogens is 120 g/mol. The number of hydrogen-bond donors (Lipinski definition) is 2. The zero-order valence-electron chi connectivity index (χ0n) is 5.68. The zero-order valence-corrected chi connectivity index (χ0v) is 6.68. The first-order valence-corrected chi connectivity index (χ1v) is 5.13. The molecule has 0 rings (SSSR count). The molecule has 0 saturated carbocycles. The fraction of sp³-hybridized carbons (Fsp3) is 1.00. The van der Waals surface area contributed by atoms with E-state index in [-0.39, 0.29) is 5.54 Å². The molecule has 0 aliphatic heterocycles. The third kappa shape index (κ3) is 1.94. The summed E-state index contributed by atoms with van der Waals surface area (Å²) < 4.78 is 0. The van der Waals surface area contributed by atoms with Crippen LogP contribution in [0.4, 0.5) is 0 Å². The Morgan fingerprint density at radius 3 is 1.75 bits per heavy atom. The molecule has 0 aliphatic rings. The summed E-state index contributed by atoms with van der Waals surface area (Å²) in [5, 5.41) is 0. The van der Waals surface area contributed by atoms with Crippen LogP contribution in [0.25, 0.3) is 0 Å². The lowest BCUT2D eigenvalue weighted by molar-refractivity contribution is 0.346. The Bertz CT molecular complexity index is 70.8. The van der Waals surface area contributed by atoms with Crippen molar-refractivity contribution in [3.05, 3.63) is 0 Å². The van der Waals surface area contributed by atoms with Gasteiger partial charge in [-0.25, -0.2) is 0 Å². The van der Waals surface area contributed by atoms with Crippen molar-refractivity contribution in [2.75, 3.05) is 0 Å². The van der Waals surface area contributed by atoms with Gasteiger partial charge in [-0.15, -0.1) is 0 Å². The van der Waals surface area contributed by atoms with E-state index in [2.05, 4.69) is 0 Å². The maximum absolute atomic E-state index is 9.09. The van der Waals surface area contributed by atoms with Crippen molar-refractivity contribution in [3.63, 3.8) is 0 Å². The maximum atomic E-state index is 9.09. The van der Waals surface area contributed by atoms with E-state index >= 15 is 0 Å². The molecule has 0 heterocycles. The van der Waals surface area contributed by atoms with E-state index in [4.69, 9.17) is 9.59 Å². The standard InChI is InChI=1S/C5H14O2Si/c1-4-8(6,7)5(2)3/h5-7H,4H2,1-3H3. The van der Waals surface area contributed by atoms with Crippen LogP contribution in [0, 0.1) is 0 Å². The lowest BCUT2D eigenvalue weighted by atomic mass is 10.6. The van der Waals surface area contributed by atoms with Gasteiger partial charge in [0.1, 0.15) is 0 Å². The van der Waals surface area contributed by atoms with Crippen molar-refractivity contribution >= 4 is 8.56 Å². The Morgan fingerprint density at radius 1 is 1.38 bits per heavy atom. The highest BCUT2D eigenvalue weighted by molar-refractivity contribution is 6.65. The Labute approximate surface area is 51.4 Å². The molecule has 0 aromatic rings. The third-order valence-electron chi connectivity index (χ3n) is 1.44. The van der Waals surface area contributed by atoms with Crippen molar-refractivity contribution in [2.24, 2.45) is 0 Å². The molecule has 0 amide bonds. The fourth-order valence-electron chi connectivity index (χ4n) is 0.408. The molecule has 0 saturated heterocycles. The van der Waals surface area contributed by atoms with Crippen molar-refractivity contribution in [1.82, 2.24) is 0 Å². The van der Waals surface area contributed by atoms with E-state index in [1.54, 1.807) is 0 Å². The molecule has 0 aromatic carbocycles. The molecule has 0 atom stereocenters. The van der Waals surface area contributed by atoms with E-state index < -0.39 is 8.56 Å². The van der Waals surface area contributed by atoms with Gasteiger partial charge in [0.25, 0.3) is 0 Å². The molecule has 0 bridgehead atoms. The summed E-state index contributed by atoms with van der Waals surface area (Å²) >= 11 is 0. The van der Waals surface area contributed by atoms with Crippen molar-refractivity contribution in [2.45, 2.75) is 32.4 Å². The van der Waals surface area contributed by atoms with Crippen LogP contribution >= 0.6 is 0 Å². The van der Waals surface area contributed by atoms with E-state index in [1.165, 1.54) is 0 Å². The lowest BCUT2D eigenvalue weighted by Gasteiger charge is -2.18. The predicted octanol–water partition coefficient (Wildman–Crippen LogP) is 0.843. The molecule has 0 aromatic heterocycles. The van der Waals surface area contributed by atoms with Crippen LogP contribution in [0.2, 0.25) is 11.6 Å². The fourth-order valence-corrected chi connectivity index (χ4v) is 1.22. The Balaban J connectivity index is 3.71. The molecule has 8 heavy (non-hydrogen) atoms. The molecule has 50 valence electrons. The largest absolute Gasteiger partial charge is 0.410 e. The van der Waals surface area contributed by atoms with Crippen LogP contribution in [0.5, 0.6) is 0 Å². The summed E-state index contributed by atoms with van der Waals surface area (Å²) in [6, 6.07) is 0.532. The highest BCUT2D eigenvalue weighted by Crippen LogP contribution is 2.17. The van der Waals surface area contributed by atoms with Gasteiger partial charge in [-0.2, -0.15) is 0 Å². The molecule has 3 heteroatoms. The quantitative estimate of drug-likeness (QED) is 0.549. The SMILES string of the molecule is CC[Si](O)(O)C(C)C. The second-order valence-corrected chi connectivity index (χ2v) is 6.01. The van der Waals surface area contributed by atoms with Gasteiger partial charge < -0.3 is 9.59 Å². The van der Waals surface area contributed by atoms with E-state index in [9.17, 15) is 0 Å². The van der Waals surface area contributed by atoms with Crippen LogP contribution in [0.15, 0.2) is 0 Å². The molecule has 2 N–H and O–H groups in total. The summed E-state index contributed by atoms with van der Waals surface area (Å²) in [5.74, 6) is 0. The Kier molecular flexibility index (Phi) is 2.66.